The number of pyridine rings is 1. The van der Waals surface area contributed by atoms with E-state index in [1.54, 1.807) is 10.8 Å². The van der Waals surface area contributed by atoms with Crippen LogP contribution in [-0.2, 0) is 16.1 Å². The van der Waals surface area contributed by atoms with Crippen LogP contribution >= 0.6 is 0 Å². The van der Waals surface area contributed by atoms with Crippen LogP contribution in [-0.4, -0.2) is 23.0 Å². The molecule has 0 saturated carbocycles. The molecule has 0 saturated heterocycles. The molecule has 0 aliphatic carbocycles. The fourth-order valence-corrected chi connectivity index (χ4v) is 1.56. The summed E-state index contributed by atoms with van der Waals surface area (Å²) in [5.41, 5.74) is 1.86. The smallest absolute Gasteiger partial charge is 0.372 e. The van der Waals surface area contributed by atoms with Crippen molar-refractivity contribution in [2.75, 3.05) is 7.11 Å². The Bertz CT molecular complexity index is 552. The minimum atomic E-state index is -0.273. The molecule has 0 bridgehead atoms. The lowest BCUT2D eigenvalue weighted by atomic mass is 10.2. The van der Waals surface area contributed by atoms with E-state index in [1.807, 2.05) is 37.5 Å². The molecule has 0 aromatic carbocycles. The van der Waals surface area contributed by atoms with Crippen LogP contribution in [0.2, 0.25) is 0 Å². The Kier molecular flexibility index (Phi) is 3.62. The summed E-state index contributed by atoms with van der Waals surface area (Å²) in [6, 6.07) is 5.67. The number of hydrogen-bond donors (Lipinski definition) is 0. The summed E-state index contributed by atoms with van der Waals surface area (Å²) < 4.78 is 6.36. The van der Waals surface area contributed by atoms with Crippen molar-refractivity contribution in [1.29, 1.82) is 0 Å². The van der Waals surface area contributed by atoms with Gasteiger partial charge in [-0.25, -0.2) is 14.8 Å². The fraction of sp³-hybridized carbons (Fsp3) is 0.231. The highest BCUT2D eigenvalue weighted by Crippen LogP contribution is 2.13. The van der Waals surface area contributed by atoms with Gasteiger partial charge in [0.05, 0.1) is 12.8 Å². The van der Waals surface area contributed by atoms with Crippen LogP contribution < -0.4 is 4.57 Å². The van der Waals surface area contributed by atoms with E-state index in [0.717, 1.165) is 17.1 Å². The summed E-state index contributed by atoms with van der Waals surface area (Å²) in [5.74, 6) is 0.462. The van der Waals surface area contributed by atoms with Crippen molar-refractivity contribution in [3.05, 3.63) is 42.6 Å². The maximum absolute atomic E-state index is 11.1. The maximum atomic E-state index is 11.1. The van der Waals surface area contributed by atoms with Gasteiger partial charge >= 0.3 is 5.97 Å². The third-order valence-corrected chi connectivity index (χ3v) is 2.50. The van der Waals surface area contributed by atoms with E-state index in [4.69, 9.17) is 0 Å². The van der Waals surface area contributed by atoms with E-state index >= 15 is 0 Å². The summed E-state index contributed by atoms with van der Waals surface area (Å²) in [4.78, 5) is 19.5. The summed E-state index contributed by atoms with van der Waals surface area (Å²) in [6.45, 7) is 2.06. The van der Waals surface area contributed by atoms with Gasteiger partial charge in [-0.1, -0.05) is 0 Å². The molecule has 0 radical (unpaired) electrons. The number of methoxy groups -OCH3 is 1. The van der Waals surface area contributed by atoms with Crippen molar-refractivity contribution >= 4 is 5.97 Å². The highest BCUT2D eigenvalue weighted by Gasteiger charge is 2.09. The molecule has 0 aliphatic heterocycles. The van der Waals surface area contributed by atoms with Gasteiger partial charge in [-0.2, -0.15) is 4.57 Å². The van der Waals surface area contributed by atoms with Gasteiger partial charge < -0.3 is 4.74 Å². The molecule has 2 aromatic heterocycles. The predicted molar refractivity (Wildman–Crippen MR) is 64.4 cm³/mol. The normalized spacial score (nSPS) is 10.1. The average Bonchev–Trinajstić information content (AvgIpc) is 2.39. The number of hydrogen-bond acceptors (Lipinski definition) is 4. The molecule has 0 N–H and O–H groups in total. The first-order valence-electron chi connectivity index (χ1n) is 5.55. The summed E-state index contributed by atoms with van der Waals surface area (Å²) in [6.07, 6.45) is 5.38. The van der Waals surface area contributed by atoms with Crippen molar-refractivity contribution in [2.24, 2.45) is 0 Å². The minimum absolute atomic E-state index is 0.208. The highest BCUT2D eigenvalue weighted by atomic mass is 16.5. The summed E-state index contributed by atoms with van der Waals surface area (Å²) in [5, 5.41) is 0. The van der Waals surface area contributed by atoms with Gasteiger partial charge in [0.2, 0.25) is 6.54 Å². The number of ether oxygens (including phenoxy) is 1. The molecule has 2 rings (SSSR count). The molecule has 2 heterocycles. The Balaban J connectivity index is 2.19. The molecule has 0 spiro atoms. The first-order chi connectivity index (χ1) is 8.69. The van der Waals surface area contributed by atoms with Gasteiger partial charge in [-0.3, -0.25) is 0 Å². The molecule has 92 valence electrons. The zero-order valence-corrected chi connectivity index (χ0v) is 10.3. The van der Waals surface area contributed by atoms with Gasteiger partial charge in [0.1, 0.15) is 5.82 Å². The van der Waals surface area contributed by atoms with Gasteiger partial charge in [-0.05, 0) is 13.0 Å². The van der Waals surface area contributed by atoms with Crippen LogP contribution in [0.25, 0.3) is 11.3 Å². The molecule has 0 fully saturated rings. The van der Waals surface area contributed by atoms with E-state index in [9.17, 15) is 4.79 Å². The third-order valence-electron chi connectivity index (χ3n) is 2.50. The second-order valence-corrected chi connectivity index (χ2v) is 3.82. The average molecular weight is 244 g/mol. The molecule has 0 amide bonds. The standard InChI is InChI=1S/C13H14N3O2/c1-10-14-6-3-12(15-10)11-4-7-16(8-5-11)9-13(17)18-2/h3-8H,9H2,1-2H3/q+1. The Morgan fingerprint density at radius 1 is 1.33 bits per heavy atom. The lowest BCUT2D eigenvalue weighted by Gasteiger charge is -2.00. The lowest BCUT2D eigenvalue weighted by Crippen LogP contribution is -2.37. The Labute approximate surface area is 105 Å². The Morgan fingerprint density at radius 3 is 2.67 bits per heavy atom. The van der Waals surface area contributed by atoms with Crippen LogP contribution in [0.1, 0.15) is 5.82 Å². The van der Waals surface area contributed by atoms with Crippen molar-refractivity contribution in [1.82, 2.24) is 9.97 Å². The quantitative estimate of drug-likeness (QED) is 0.595. The molecule has 0 aliphatic rings. The molecule has 2 aromatic rings. The largest absolute Gasteiger partial charge is 0.464 e. The van der Waals surface area contributed by atoms with Gasteiger partial charge in [0, 0.05) is 23.9 Å². The molecule has 0 unspecified atom stereocenters. The molecular formula is C13H14N3O2+. The summed E-state index contributed by atoms with van der Waals surface area (Å²) in [7, 11) is 1.38. The van der Waals surface area contributed by atoms with Crippen LogP contribution in [0.5, 0.6) is 0 Å². The van der Waals surface area contributed by atoms with Crippen LogP contribution in [0.3, 0.4) is 0 Å². The number of carbonyl (C=O) groups is 1. The van der Waals surface area contributed by atoms with Crippen molar-refractivity contribution in [2.45, 2.75) is 13.5 Å². The number of nitrogens with zero attached hydrogens (tertiary/aromatic N) is 3. The van der Waals surface area contributed by atoms with E-state index in [-0.39, 0.29) is 12.5 Å². The van der Waals surface area contributed by atoms with Crippen LogP contribution in [0.15, 0.2) is 36.8 Å². The number of aryl methyl sites for hydroxylation is 1. The fourth-order valence-electron chi connectivity index (χ4n) is 1.56. The SMILES string of the molecule is COC(=O)C[n+]1ccc(-c2ccnc(C)n2)cc1. The van der Waals surface area contributed by atoms with E-state index in [2.05, 4.69) is 14.7 Å². The van der Waals surface area contributed by atoms with Crippen LogP contribution in [0, 0.1) is 6.92 Å². The van der Waals surface area contributed by atoms with Crippen molar-refractivity contribution in [3.63, 3.8) is 0 Å². The van der Waals surface area contributed by atoms with Gasteiger partial charge in [0.25, 0.3) is 0 Å². The number of rotatable bonds is 3. The predicted octanol–water partition coefficient (Wildman–Crippen LogP) is 0.913. The van der Waals surface area contributed by atoms with Crippen molar-refractivity contribution in [3.8, 4) is 11.3 Å². The lowest BCUT2D eigenvalue weighted by molar-refractivity contribution is -0.685. The number of esters is 1. The molecule has 5 nitrogen and oxygen atoms in total. The molecule has 0 atom stereocenters. The topological polar surface area (TPSA) is 56.0 Å². The third kappa shape index (κ3) is 2.88. The zero-order valence-electron chi connectivity index (χ0n) is 10.3. The Hall–Kier alpha value is -2.30. The monoisotopic (exact) mass is 244 g/mol. The first-order valence-corrected chi connectivity index (χ1v) is 5.55. The van der Waals surface area contributed by atoms with Crippen LogP contribution in [0.4, 0.5) is 0 Å². The molecule has 18 heavy (non-hydrogen) atoms. The van der Waals surface area contributed by atoms with E-state index in [1.165, 1.54) is 7.11 Å². The molecular weight excluding hydrogens is 230 g/mol. The zero-order chi connectivity index (χ0) is 13.0. The molecule has 5 heteroatoms. The minimum Gasteiger partial charge on any atom is -0.464 e. The highest BCUT2D eigenvalue weighted by molar-refractivity contribution is 5.67. The number of aromatic nitrogens is 3. The first kappa shape index (κ1) is 12.2. The van der Waals surface area contributed by atoms with E-state index in [0.29, 0.717) is 0 Å². The maximum Gasteiger partial charge on any atom is 0.372 e. The van der Waals surface area contributed by atoms with E-state index < -0.39 is 0 Å². The summed E-state index contributed by atoms with van der Waals surface area (Å²) >= 11 is 0. The Morgan fingerprint density at radius 2 is 2.06 bits per heavy atom. The van der Waals surface area contributed by atoms with Gasteiger partial charge in [0.15, 0.2) is 12.4 Å². The van der Waals surface area contributed by atoms with Gasteiger partial charge in [-0.15, -0.1) is 0 Å². The van der Waals surface area contributed by atoms with Crippen molar-refractivity contribution < 1.29 is 14.1 Å². The second kappa shape index (κ2) is 5.35. The second-order valence-electron chi connectivity index (χ2n) is 3.82. The number of carbonyl (C=O) groups excluding carboxylic acids is 1.